The Labute approximate surface area is 145 Å². The van der Waals surface area contributed by atoms with Gasteiger partial charge in [-0.05, 0) is 62.2 Å². The first-order valence-corrected chi connectivity index (χ1v) is 7.93. The first kappa shape index (κ1) is 16.4. The predicted octanol–water partition coefficient (Wildman–Crippen LogP) is 5.27. The third kappa shape index (κ3) is 2.85. The Morgan fingerprint density at radius 3 is 2.50 bits per heavy atom. The molecule has 0 unspecified atom stereocenters. The first-order chi connectivity index (χ1) is 11.4. The average molecular weight is 344 g/mol. The molecule has 4 nitrogen and oxygen atoms in total. The van der Waals surface area contributed by atoms with Crippen molar-refractivity contribution < 1.29 is 13.9 Å². The van der Waals surface area contributed by atoms with E-state index in [2.05, 4.69) is 5.32 Å². The van der Waals surface area contributed by atoms with Crippen molar-refractivity contribution in [3.05, 3.63) is 57.8 Å². The number of carbonyl (C=O) groups is 1. The van der Waals surface area contributed by atoms with Crippen molar-refractivity contribution in [2.24, 2.45) is 0 Å². The standard InChI is InChI=1S/C19H18ClNO3/c1-10-7-14-12(3)18(24-17(14)8-11(10)2)19(22)21-13-5-6-16(23-4)15(20)9-13/h5-9H,1-4H3,(H,21,22). The molecule has 0 aliphatic carbocycles. The highest BCUT2D eigenvalue weighted by Gasteiger charge is 2.18. The highest BCUT2D eigenvalue weighted by molar-refractivity contribution is 6.32. The quantitative estimate of drug-likeness (QED) is 0.704. The number of rotatable bonds is 3. The fourth-order valence-corrected chi connectivity index (χ4v) is 2.88. The van der Waals surface area contributed by atoms with Crippen LogP contribution >= 0.6 is 11.6 Å². The van der Waals surface area contributed by atoms with Gasteiger partial charge >= 0.3 is 0 Å². The van der Waals surface area contributed by atoms with Crippen LogP contribution in [0.5, 0.6) is 5.75 Å². The van der Waals surface area contributed by atoms with Crippen molar-refractivity contribution >= 4 is 34.2 Å². The summed E-state index contributed by atoms with van der Waals surface area (Å²) in [6.07, 6.45) is 0. The van der Waals surface area contributed by atoms with E-state index in [0.29, 0.717) is 27.8 Å². The molecular weight excluding hydrogens is 326 g/mol. The Morgan fingerprint density at radius 2 is 1.83 bits per heavy atom. The molecule has 1 aromatic heterocycles. The maximum absolute atomic E-state index is 12.6. The number of carbonyl (C=O) groups excluding carboxylic acids is 1. The number of amides is 1. The molecule has 0 radical (unpaired) electrons. The number of methoxy groups -OCH3 is 1. The molecule has 1 amide bonds. The normalized spacial score (nSPS) is 10.9. The Hall–Kier alpha value is -2.46. The molecule has 24 heavy (non-hydrogen) atoms. The Bertz CT molecular complexity index is 943. The van der Waals surface area contributed by atoms with Crippen molar-refractivity contribution in [2.75, 3.05) is 12.4 Å². The van der Waals surface area contributed by atoms with Crippen molar-refractivity contribution in [3.63, 3.8) is 0 Å². The average Bonchev–Trinajstić information content (AvgIpc) is 2.85. The van der Waals surface area contributed by atoms with Gasteiger partial charge in [0.1, 0.15) is 11.3 Å². The van der Waals surface area contributed by atoms with E-state index in [9.17, 15) is 4.79 Å². The molecule has 2 aromatic carbocycles. The zero-order valence-corrected chi connectivity index (χ0v) is 14.7. The summed E-state index contributed by atoms with van der Waals surface area (Å²) in [6, 6.07) is 9.08. The third-order valence-corrected chi connectivity index (χ3v) is 4.46. The second-order valence-electron chi connectivity index (χ2n) is 5.79. The van der Waals surface area contributed by atoms with Gasteiger partial charge in [-0.25, -0.2) is 0 Å². The van der Waals surface area contributed by atoms with Crippen LogP contribution in [0.15, 0.2) is 34.7 Å². The molecule has 5 heteroatoms. The van der Waals surface area contributed by atoms with Gasteiger partial charge in [0.05, 0.1) is 12.1 Å². The van der Waals surface area contributed by atoms with Gasteiger partial charge < -0.3 is 14.5 Å². The lowest BCUT2D eigenvalue weighted by molar-refractivity contribution is 0.0998. The Morgan fingerprint density at radius 1 is 1.12 bits per heavy atom. The maximum atomic E-state index is 12.6. The van der Waals surface area contributed by atoms with Gasteiger partial charge in [0.15, 0.2) is 5.76 Å². The lowest BCUT2D eigenvalue weighted by Gasteiger charge is -2.07. The number of nitrogens with one attached hydrogen (secondary N) is 1. The fraction of sp³-hybridized carbons (Fsp3) is 0.211. The molecule has 0 saturated heterocycles. The highest BCUT2D eigenvalue weighted by atomic mass is 35.5. The number of ether oxygens (including phenoxy) is 1. The molecule has 0 aliphatic heterocycles. The van der Waals surface area contributed by atoms with E-state index in [-0.39, 0.29) is 5.91 Å². The molecule has 0 saturated carbocycles. The SMILES string of the molecule is COc1ccc(NC(=O)c2oc3cc(C)c(C)cc3c2C)cc1Cl. The summed E-state index contributed by atoms with van der Waals surface area (Å²) in [6.45, 7) is 5.95. The first-order valence-electron chi connectivity index (χ1n) is 7.56. The molecule has 124 valence electrons. The second kappa shape index (κ2) is 6.21. The zero-order valence-electron chi connectivity index (χ0n) is 14.0. The number of anilines is 1. The topological polar surface area (TPSA) is 51.5 Å². The minimum Gasteiger partial charge on any atom is -0.495 e. The van der Waals surface area contributed by atoms with Crippen molar-refractivity contribution in [1.82, 2.24) is 0 Å². The van der Waals surface area contributed by atoms with Gasteiger partial charge in [-0.2, -0.15) is 0 Å². The second-order valence-corrected chi connectivity index (χ2v) is 6.20. The molecule has 1 heterocycles. The lowest BCUT2D eigenvalue weighted by Crippen LogP contribution is -2.12. The number of hydrogen-bond donors (Lipinski definition) is 1. The minimum atomic E-state index is -0.305. The summed E-state index contributed by atoms with van der Waals surface area (Å²) in [4.78, 5) is 12.6. The zero-order chi connectivity index (χ0) is 17.4. The monoisotopic (exact) mass is 343 g/mol. The molecule has 0 spiro atoms. The van der Waals surface area contributed by atoms with E-state index in [1.807, 2.05) is 32.9 Å². The maximum Gasteiger partial charge on any atom is 0.291 e. The number of aryl methyl sites for hydroxylation is 3. The number of furan rings is 1. The summed E-state index contributed by atoms with van der Waals surface area (Å²) in [7, 11) is 1.54. The van der Waals surface area contributed by atoms with Crippen LogP contribution in [0.2, 0.25) is 5.02 Å². The van der Waals surface area contributed by atoms with Crippen LogP contribution in [0.25, 0.3) is 11.0 Å². The van der Waals surface area contributed by atoms with Gasteiger partial charge in [-0.1, -0.05) is 11.6 Å². The van der Waals surface area contributed by atoms with Gasteiger partial charge in [0, 0.05) is 16.6 Å². The van der Waals surface area contributed by atoms with E-state index in [0.717, 1.165) is 16.5 Å². The third-order valence-electron chi connectivity index (χ3n) is 4.17. The Kier molecular flexibility index (Phi) is 4.24. The van der Waals surface area contributed by atoms with E-state index in [1.165, 1.54) is 5.56 Å². The van der Waals surface area contributed by atoms with Crippen LogP contribution in [0.1, 0.15) is 27.2 Å². The van der Waals surface area contributed by atoms with Crippen LogP contribution in [0.4, 0.5) is 5.69 Å². The molecule has 0 aliphatic rings. The van der Waals surface area contributed by atoms with Crippen LogP contribution in [0, 0.1) is 20.8 Å². The predicted molar refractivity (Wildman–Crippen MR) is 96.4 cm³/mol. The largest absolute Gasteiger partial charge is 0.495 e. The Balaban J connectivity index is 1.94. The molecule has 3 aromatic rings. The van der Waals surface area contributed by atoms with Gasteiger partial charge in [0.25, 0.3) is 5.91 Å². The van der Waals surface area contributed by atoms with Gasteiger partial charge in [-0.3, -0.25) is 4.79 Å². The van der Waals surface area contributed by atoms with Gasteiger partial charge in [0.2, 0.25) is 0 Å². The fourth-order valence-electron chi connectivity index (χ4n) is 2.62. The number of benzene rings is 2. The van der Waals surface area contributed by atoms with Crippen molar-refractivity contribution in [2.45, 2.75) is 20.8 Å². The summed E-state index contributed by atoms with van der Waals surface area (Å²) < 4.78 is 10.9. The lowest BCUT2D eigenvalue weighted by atomic mass is 10.1. The van der Waals surface area contributed by atoms with E-state index in [1.54, 1.807) is 25.3 Å². The summed E-state index contributed by atoms with van der Waals surface area (Å²) in [5.74, 6) is 0.558. The van der Waals surface area contributed by atoms with Gasteiger partial charge in [-0.15, -0.1) is 0 Å². The molecule has 3 rings (SSSR count). The van der Waals surface area contributed by atoms with Crippen molar-refractivity contribution in [3.8, 4) is 5.75 Å². The number of fused-ring (bicyclic) bond motifs is 1. The highest BCUT2D eigenvalue weighted by Crippen LogP contribution is 2.30. The molecule has 0 fully saturated rings. The van der Waals surface area contributed by atoms with Crippen molar-refractivity contribution in [1.29, 1.82) is 0 Å². The van der Waals surface area contributed by atoms with E-state index >= 15 is 0 Å². The smallest absolute Gasteiger partial charge is 0.291 e. The van der Waals surface area contributed by atoms with E-state index < -0.39 is 0 Å². The minimum absolute atomic E-state index is 0.305. The summed E-state index contributed by atoms with van der Waals surface area (Å²) in [5, 5.41) is 4.20. The number of hydrogen-bond acceptors (Lipinski definition) is 3. The summed E-state index contributed by atoms with van der Waals surface area (Å²) in [5.41, 5.74) is 4.42. The van der Waals surface area contributed by atoms with Crippen LogP contribution in [-0.4, -0.2) is 13.0 Å². The summed E-state index contributed by atoms with van der Waals surface area (Å²) >= 11 is 6.09. The molecule has 0 bridgehead atoms. The van der Waals surface area contributed by atoms with Crippen LogP contribution in [-0.2, 0) is 0 Å². The van der Waals surface area contributed by atoms with Crippen LogP contribution < -0.4 is 10.1 Å². The molecule has 0 atom stereocenters. The molecule has 1 N–H and O–H groups in total. The number of halogens is 1. The van der Waals surface area contributed by atoms with E-state index in [4.69, 9.17) is 20.8 Å². The van der Waals surface area contributed by atoms with Crippen LogP contribution in [0.3, 0.4) is 0 Å². The molecular formula is C19H18ClNO3.